The summed E-state index contributed by atoms with van der Waals surface area (Å²) in [7, 11) is 1.32. The van der Waals surface area contributed by atoms with Crippen molar-refractivity contribution in [1.29, 1.82) is 0 Å². The Hall–Kier alpha value is -2.89. The second-order valence-electron chi connectivity index (χ2n) is 7.14. The fourth-order valence-electron chi connectivity index (χ4n) is 2.55. The molecule has 0 bridgehead atoms. The lowest BCUT2D eigenvalue weighted by Gasteiger charge is -2.07. The molecule has 6 nitrogen and oxygen atoms in total. The molecule has 0 unspecified atom stereocenters. The summed E-state index contributed by atoms with van der Waals surface area (Å²) in [6, 6.07) is 1.32. The fraction of sp³-hybridized carbons (Fsp3) is 0.435. The summed E-state index contributed by atoms with van der Waals surface area (Å²) in [6.07, 6.45) is 11.6. The first-order valence-corrected chi connectivity index (χ1v) is 9.63. The van der Waals surface area contributed by atoms with Crippen molar-refractivity contribution < 1.29 is 24.2 Å². The minimum absolute atomic E-state index is 0.0189. The van der Waals surface area contributed by atoms with Crippen molar-refractivity contribution in [1.82, 2.24) is 4.98 Å². The Balaban J connectivity index is 2.48. The van der Waals surface area contributed by atoms with E-state index in [1.54, 1.807) is 0 Å². The third-order valence-electron chi connectivity index (χ3n) is 4.28. The lowest BCUT2D eigenvalue weighted by molar-refractivity contribution is 0.0545. The summed E-state index contributed by atoms with van der Waals surface area (Å²) < 4.78 is 10.2. The second-order valence-corrected chi connectivity index (χ2v) is 7.14. The van der Waals surface area contributed by atoms with Gasteiger partial charge < -0.3 is 14.6 Å². The first kappa shape index (κ1) is 24.1. The molecule has 0 atom stereocenters. The molecule has 1 rings (SSSR count). The molecule has 1 N–H and O–H groups in total. The Morgan fingerprint density at radius 3 is 2.24 bits per heavy atom. The van der Waals surface area contributed by atoms with Gasteiger partial charge in [0.1, 0.15) is 6.61 Å². The van der Waals surface area contributed by atoms with E-state index in [1.165, 1.54) is 30.5 Å². The molecule has 6 heteroatoms. The molecule has 0 aliphatic heterocycles. The SMILES string of the molecule is COc1cc(C(=O)OCC=C(C)CCC=C(C)CCC=C(C)C)cnc1C(=O)O. The lowest BCUT2D eigenvalue weighted by Crippen LogP contribution is -2.10. The lowest BCUT2D eigenvalue weighted by atomic mass is 10.1. The van der Waals surface area contributed by atoms with Crippen LogP contribution in [0.1, 0.15) is 74.2 Å². The summed E-state index contributed by atoms with van der Waals surface area (Å²) in [5, 5.41) is 9.03. The summed E-state index contributed by atoms with van der Waals surface area (Å²) in [4.78, 5) is 26.9. The smallest absolute Gasteiger partial charge is 0.358 e. The summed E-state index contributed by atoms with van der Waals surface area (Å²) in [6.45, 7) is 8.52. The van der Waals surface area contributed by atoms with Gasteiger partial charge in [0.15, 0.2) is 11.4 Å². The van der Waals surface area contributed by atoms with E-state index >= 15 is 0 Å². The van der Waals surface area contributed by atoms with E-state index in [0.29, 0.717) is 0 Å². The molecule has 0 spiro atoms. The Kier molecular flexibility index (Phi) is 10.4. The number of carboxylic acid groups (broad SMARTS) is 1. The second kappa shape index (κ2) is 12.5. The van der Waals surface area contributed by atoms with Crippen LogP contribution in [0.4, 0.5) is 0 Å². The van der Waals surface area contributed by atoms with E-state index in [1.807, 2.05) is 13.0 Å². The predicted molar refractivity (Wildman–Crippen MR) is 113 cm³/mol. The molecule has 0 saturated heterocycles. The molecule has 0 saturated carbocycles. The van der Waals surface area contributed by atoms with Gasteiger partial charge in [-0.25, -0.2) is 14.6 Å². The number of nitrogens with zero attached hydrogens (tertiary/aromatic N) is 1. The largest absolute Gasteiger partial charge is 0.494 e. The first-order valence-electron chi connectivity index (χ1n) is 9.63. The van der Waals surface area contributed by atoms with Gasteiger partial charge in [-0.05, 0) is 65.5 Å². The van der Waals surface area contributed by atoms with Gasteiger partial charge in [-0.1, -0.05) is 28.9 Å². The van der Waals surface area contributed by atoms with E-state index < -0.39 is 11.9 Å². The Labute approximate surface area is 172 Å². The maximum absolute atomic E-state index is 12.1. The number of aromatic nitrogens is 1. The molecule has 1 aromatic rings. The molecule has 29 heavy (non-hydrogen) atoms. The molecule has 0 aliphatic rings. The van der Waals surface area contributed by atoms with Gasteiger partial charge >= 0.3 is 11.9 Å². The molecular formula is C23H31NO5. The summed E-state index contributed by atoms with van der Waals surface area (Å²) in [5.41, 5.74) is 3.77. The number of carbonyl (C=O) groups excluding carboxylic acids is 1. The van der Waals surface area contributed by atoms with Crippen molar-refractivity contribution in [3.05, 3.63) is 58.5 Å². The maximum Gasteiger partial charge on any atom is 0.358 e. The number of aromatic carboxylic acids is 1. The van der Waals surface area contributed by atoms with Crippen LogP contribution >= 0.6 is 0 Å². The van der Waals surface area contributed by atoms with E-state index in [9.17, 15) is 9.59 Å². The molecule has 0 amide bonds. The van der Waals surface area contributed by atoms with Crippen LogP contribution in [0.5, 0.6) is 5.75 Å². The van der Waals surface area contributed by atoms with E-state index in [2.05, 4.69) is 37.9 Å². The number of allylic oxidation sites excluding steroid dienone is 5. The van der Waals surface area contributed by atoms with Crippen molar-refractivity contribution in [3.8, 4) is 5.75 Å². The average molecular weight is 402 g/mol. The molecular weight excluding hydrogens is 370 g/mol. The number of ether oxygens (including phenoxy) is 2. The zero-order valence-corrected chi connectivity index (χ0v) is 17.9. The van der Waals surface area contributed by atoms with Gasteiger partial charge in [0.2, 0.25) is 0 Å². The van der Waals surface area contributed by atoms with Gasteiger partial charge in [-0.2, -0.15) is 0 Å². The highest BCUT2D eigenvalue weighted by molar-refractivity contribution is 5.93. The molecule has 0 aromatic carbocycles. The van der Waals surface area contributed by atoms with Crippen LogP contribution < -0.4 is 4.74 Å². The van der Waals surface area contributed by atoms with Crippen molar-refractivity contribution in [2.45, 2.75) is 53.4 Å². The number of carboxylic acids is 1. The van der Waals surface area contributed by atoms with Gasteiger partial charge in [0.25, 0.3) is 0 Å². The van der Waals surface area contributed by atoms with Crippen LogP contribution in [-0.2, 0) is 4.74 Å². The van der Waals surface area contributed by atoms with Crippen LogP contribution in [0.3, 0.4) is 0 Å². The Bertz CT molecular complexity index is 801. The third kappa shape index (κ3) is 9.23. The molecule has 1 aromatic heterocycles. The average Bonchev–Trinajstić information content (AvgIpc) is 2.66. The standard InChI is InChI=1S/C23H31NO5/c1-16(2)8-6-9-17(3)10-7-11-18(4)12-13-29-23(27)19-14-20(28-5)21(22(25)26)24-15-19/h8,10,12,14-15H,6-7,9,11,13H2,1-5H3,(H,25,26). The minimum atomic E-state index is -1.22. The molecule has 0 radical (unpaired) electrons. The van der Waals surface area contributed by atoms with Crippen LogP contribution in [-0.4, -0.2) is 35.7 Å². The predicted octanol–water partition coefficient (Wildman–Crippen LogP) is 5.36. The quantitative estimate of drug-likeness (QED) is 0.397. The van der Waals surface area contributed by atoms with E-state index in [0.717, 1.165) is 31.3 Å². The number of pyridine rings is 1. The number of methoxy groups -OCH3 is 1. The van der Waals surface area contributed by atoms with Gasteiger partial charge in [-0.3, -0.25) is 0 Å². The summed E-state index contributed by atoms with van der Waals surface area (Å²) in [5.74, 6) is -1.78. The highest BCUT2D eigenvalue weighted by Crippen LogP contribution is 2.18. The molecule has 0 aliphatic carbocycles. The van der Waals surface area contributed by atoms with Gasteiger partial charge in [0, 0.05) is 6.20 Å². The number of esters is 1. The molecule has 1 heterocycles. The molecule has 158 valence electrons. The minimum Gasteiger partial charge on any atom is -0.494 e. The van der Waals surface area contributed by atoms with E-state index in [-0.39, 0.29) is 23.6 Å². The monoisotopic (exact) mass is 401 g/mol. The number of hydrogen-bond acceptors (Lipinski definition) is 5. The van der Waals surface area contributed by atoms with Crippen LogP contribution in [0, 0.1) is 0 Å². The summed E-state index contributed by atoms with van der Waals surface area (Å²) >= 11 is 0. The van der Waals surface area contributed by atoms with Crippen molar-refractivity contribution >= 4 is 11.9 Å². The zero-order valence-electron chi connectivity index (χ0n) is 17.9. The normalized spacial score (nSPS) is 11.8. The number of rotatable bonds is 11. The Morgan fingerprint density at radius 1 is 1.03 bits per heavy atom. The highest BCUT2D eigenvalue weighted by atomic mass is 16.5. The Morgan fingerprint density at radius 2 is 1.66 bits per heavy atom. The van der Waals surface area contributed by atoms with Crippen LogP contribution in [0.15, 0.2) is 47.2 Å². The highest BCUT2D eigenvalue weighted by Gasteiger charge is 2.16. The van der Waals surface area contributed by atoms with Crippen molar-refractivity contribution in [3.63, 3.8) is 0 Å². The first-order chi connectivity index (χ1) is 13.7. The zero-order chi connectivity index (χ0) is 21.8. The van der Waals surface area contributed by atoms with E-state index in [4.69, 9.17) is 14.6 Å². The molecule has 0 fully saturated rings. The third-order valence-corrected chi connectivity index (χ3v) is 4.28. The number of carbonyl (C=O) groups is 2. The van der Waals surface area contributed by atoms with Crippen LogP contribution in [0.2, 0.25) is 0 Å². The fourth-order valence-corrected chi connectivity index (χ4v) is 2.55. The van der Waals surface area contributed by atoms with Crippen molar-refractivity contribution in [2.24, 2.45) is 0 Å². The van der Waals surface area contributed by atoms with Gasteiger partial charge in [0.05, 0.1) is 12.7 Å². The van der Waals surface area contributed by atoms with Crippen LogP contribution in [0.25, 0.3) is 0 Å². The van der Waals surface area contributed by atoms with Crippen molar-refractivity contribution in [2.75, 3.05) is 13.7 Å². The van der Waals surface area contributed by atoms with Gasteiger partial charge in [-0.15, -0.1) is 0 Å². The topological polar surface area (TPSA) is 85.7 Å². The maximum atomic E-state index is 12.1. The number of hydrogen-bond donors (Lipinski definition) is 1.